The summed E-state index contributed by atoms with van der Waals surface area (Å²) < 4.78 is 21.6. The third kappa shape index (κ3) is 3.05. The Balaban J connectivity index is 1.87. The molecule has 0 unspecified atom stereocenters. The van der Waals surface area contributed by atoms with Crippen molar-refractivity contribution in [2.75, 3.05) is 6.61 Å². The van der Waals surface area contributed by atoms with Gasteiger partial charge in [-0.1, -0.05) is 0 Å². The first-order chi connectivity index (χ1) is 10.8. The van der Waals surface area contributed by atoms with E-state index in [0.717, 1.165) is 6.33 Å². The van der Waals surface area contributed by atoms with E-state index in [1.54, 1.807) is 0 Å². The quantitative estimate of drug-likeness (QED) is 0.381. The lowest BCUT2D eigenvalue weighted by atomic mass is 10.2. The third-order valence-corrected chi connectivity index (χ3v) is 3.87. The largest absolute Gasteiger partial charge is 0.469 e. The fourth-order valence-electron chi connectivity index (χ4n) is 2.32. The molecule has 0 amide bonds. The van der Waals surface area contributed by atoms with E-state index in [-0.39, 0.29) is 11.2 Å². The first-order valence-corrected chi connectivity index (χ1v) is 7.93. The van der Waals surface area contributed by atoms with Gasteiger partial charge in [-0.05, 0) is 0 Å². The van der Waals surface area contributed by atoms with Crippen molar-refractivity contribution < 1.29 is 33.8 Å². The number of hydrogen-bond acceptors (Lipinski definition) is 8. The van der Waals surface area contributed by atoms with E-state index in [2.05, 4.69) is 19.5 Å². The number of hydrogen-bond donors (Lipinski definition) is 5. The number of rotatable bonds is 4. The molecule has 0 aromatic carbocycles. The number of H-pyrrole nitrogens is 1. The smallest absolute Gasteiger partial charge is 0.387 e. The van der Waals surface area contributed by atoms with Gasteiger partial charge in [0, 0.05) is 0 Å². The van der Waals surface area contributed by atoms with Gasteiger partial charge in [0.1, 0.15) is 18.3 Å². The third-order valence-electron chi connectivity index (χ3n) is 3.38. The zero-order chi connectivity index (χ0) is 16.8. The normalized spacial score (nSPS) is 28.5. The number of phosphoric acid groups is 1. The number of aliphatic hydroxyl groups is 2. The van der Waals surface area contributed by atoms with E-state index in [1.165, 1.54) is 10.9 Å². The number of imidazole rings is 1. The fraction of sp³-hybridized carbons (Fsp3) is 0.500. The molecule has 1 fully saturated rings. The molecule has 23 heavy (non-hydrogen) atoms. The van der Waals surface area contributed by atoms with Gasteiger partial charge >= 0.3 is 7.82 Å². The molecular weight excluding hydrogens is 337 g/mol. The van der Waals surface area contributed by atoms with Gasteiger partial charge in [0.05, 0.1) is 19.3 Å². The lowest BCUT2D eigenvalue weighted by Gasteiger charge is -2.16. The van der Waals surface area contributed by atoms with Crippen molar-refractivity contribution in [3.63, 3.8) is 0 Å². The Morgan fingerprint density at radius 2 is 2.17 bits per heavy atom. The maximum atomic E-state index is 11.6. The highest BCUT2D eigenvalue weighted by atomic mass is 31.2. The molecule has 3 heterocycles. The molecule has 0 saturated carbocycles. The number of aliphatic hydroxyl groups excluding tert-OH is 2. The monoisotopic (exact) mass is 350 g/mol. The predicted molar refractivity (Wildman–Crippen MR) is 72.1 cm³/mol. The number of nitrogens with one attached hydrogen (secondary N) is 1. The van der Waals surface area contributed by atoms with Crippen LogP contribution in [0.25, 0.3) is 11.2 Å². The topological polar surface area (TPSA) is 180 Å². The average Bonchev–Trinajstić information content (AvgIpc) is 3.01. The average molecular weight is 350 g/mol. The minimum Gasteiger partial charge on any atom is -0.387 e. The van der Waals surface area contributed by atoms with Crippen LogP contribution in [0, 0.1) is 0 Å². The highest BCUT2D eigenvalue weighted by Crippen LogP contribution is 2.38. The van der Waals surface area contributed by atoms with Gasteiger partial charge in [0.25, 0.3) is 5.56 Å². The van der Waals surface area contributed by atoms with Crippen molar-refractivity contribution in [2.24, 2.45) is 0 Å². The van der Waals surface area contributed by atoms with Crippen LogP contribution >= 0.6 is 7.82 Å². The number of nitrogens with zero attached hydrogens (tertiary/aromatic N) is 3. The highest BCUT2D eigenvalue weighted by molar-refractivity contribution is 7.46. The molecule has 12 nitrogen and oxygen atoms in total. The van der Waals surface area contributed by atoms with Crippen molar-refractivity contribution >= 4 is 19.0 Å². The Bertz CT molecular complexity index is 815. The second kappa shape index (κ2) is 5.76. The zero-order valence-corrected chi connectivity index (χ0v) is 12.3. The Labute approximate surface area is 127 Å². The highest BCUT2D eigenvalue weighted by Gasteiger charge is 2.45. The SMILES string of the molecule is O=c1[nH]cnc2c1ncn2[14C@@H]1O[C@H](COP(=O)(O)O)[C@@H](O)[C@H]1O. The molecule has 2 aromatic rings. The van der Waals surface area contributed by atoms with Crippen LogP contribution in [-0.4, -0.2) is 64.4 Å². The number of fused-ring (bicyclic) bond motifs is 1. The van der Waals surface area contributed by atoms with E-state index in [0.29, 0.717) is 0 Å². The van der Waals surface area contributed by atoms with Gasteiger partial charge in [0.15, 0.2) is 17.4 Å². The summed E-state index contributed by atoms with van der Waals surface area (Å²) in [6.45, 7) is -0.625. The Morgan fingerprint density at radius 1 is 1.43 bits per heavy atom. The first-order valence-electron chi connectivity index (χ1n) is 6.40. The summed E-state index contributed by atoms with van der Waals surface area (Å²) in [7, 11) is -4.74. The maximum Gasteiger partial charge on any atom is 0.469 e. The predicted octanol–water partition coefficient (Wildman–Crippen LogP) is -2.15. The lowest BCUT2D eigenvalue weighted by Crippen LogP contribution is -2.33. The van der Waals surface area contributed by atoms with Gasteiger partial charge < -0.3 is 29.7 Å². The zero-order valence-electron chi connectivity index (χ0n) is 11.4. The summed E-state index contributed by atoms with van der Waals surface area (Å²) in [5.41, 5.74) is -0.336. The van der Waals surface area contributed by atoms with Crippen LogP contribution in [0.4, 0.5) is 0 Å². The van der Waals surface area contributed by atoms with Crippen LogP contribution < -0.4 is 5.56 Å². The standard InChI is InChI=1S/C10H13N4O8P/c15-6-4(1-21-23(18,19)20)22-10(7(6)16)14-3-13-5-8(14)11-2-12-9(5)17/h2-4,6-7,10,15-16H,1H2,(H,11,12,17)(H2,18,19,20)/t4-,6-,7-,10-/m1/s1/i10+2. The van der Waals surface area contributed by atoms with E-state index in [1.807, 2.05) is 0 Å². The van der Waals surface area contributed by atoms with Gasteiger partial charge in [-0.3, -0.25) is 13.9 Å². The van der Waals surface area contributed by atoms with Crippen LogP contribution in [0.5, 0.6) is 0 Å². The molecule has 1 aliphatic heterocycles. The van der Waals surface area contributed by atoms with E-state index in [4.69, 9.17) is 14.5 Å². The number of ether oxygens (including phenoxy) is 1. The Kier molecular flexibility index (Phi) is 4.06. The maximum absolute atomic E-state index is 11.6. The molecular formula is C10H13N4O8P. The molecule has 4 atom stereocenters. The van der Waals surface area contributed by atoms with E-state index < -0.39 is 44.5 Å². The Morgan fingerprint density at radius 3 is 2.87 bits per heavy atom. The number of phosphoric ester groups is 1. The molecule has 126 valence electrons. The summed E-state index contributed by atoms with van der Waals surface area (Å²) in [5.74, 6) is 0. The van der Waals surface area contributed by atoms with Crippen molar-refractivity contribution in [3.8, 4) is 0 Å². The molecule has 0 spiro atoms. The van der Waals surface area contributed by atoms with Gasteiger partial charge in [0.2, 0.25) is 0 Å². The van der Waals surface area contributed by atoms with Crippen molar-refractivity contribution in [1.29, 1.82) is 0 Å². The summed E-state index contributed by atoms with van der Waals surface area (Å²) in [5, 5.41) is 20.0. The molecule has 0 aliphatic carbocycles. The number of aromatic nitrogens is 4. The number of aromatic amines is 1. The second-order valence-corrected chi connectivity index (χ2v) is 6.13. The molecule has 2 aromatic heterocycles. The molecule has 3 rings (SSSR count). The molecule has 5 N–H and O–H groups in total. The van der Waals surface area contributed by atoms with Crippen LogP contribution in [0.15, 0.2) is 17.4 Å². The minimum atomic E-state index is -4.74. The Hall–Kier alpha value is -1.66. The molecule has 13 heteroatoms. The van der Waals surface area contributed by atoms with Gasteiger partial charge in [-0.25, -0.2) is 14.5 Å². The molecule has 0 radical (unpaired) electrons. The first kappa shape index (κ1) is 16.2. The van der Waals surface area contributed by atoms with Crippen LogP contribution in [0.1, 0.15) is 6.23 Å². The minimum absolute atomic E-state index is 0.0210. The summed E-state index contributed by atoms with van der Waals surface area (Å²) in [4.78, 5) is 39.1. The van der Waals surface area contributed by atoms with Crippen molar-refractivity contribution in [2.45, 2.75) is 24.5 Å². The van der Waals surface area contributed by atoms with Crippen molar-refractivity contribution in [3.05, 3.63) is 23.0 Å². The van der Waals surface area contributed by atoms with Crippen molar-refractivity contribution in [1.82, 2.24) is 19.5 Å². The van der Waals surface area contributed by atoms with Gasteiger partial charge in [-0.15, -0.1) is 0 Å². The fourth-order valence-corrected chi connectivity index (χ4v) is 2.66. The van der Waals surface area contributed by atoms with E-state index in [9.17, 15) is 19.6 Å². The molecule has 1 aliphatic rings. The molecule has 1 saturated heterocycles. The van der Waals surface area contributed by atoms with Gasteiger partial charge in [-0.2, -0.15) is 0 Å². The molecule has 0 bridgehead atoms. The van der Waals surface area contributed by atoms with Crippen LogP contribution in [0.2, 0.25) is 0 Å². The second-order valence-electron chi connectivity index (χ2n) is 4.89. The summed E-state index contributed by atoms with van der Waals surface area (Å²) in [6, 6.07) is 0. The van der Waals surface area contributed by atoms with Crippen LogP contribution in [-0.2, 0) is 13.8 Å². The van der Waals surface area contributed by atoms with E-state index >= 15 is 0 Å². The van der Waals surface area contributed by atoms with Crippen LogP contribution in [0.3, 0.4) is 0 Å². The lowest BCUT2D eigenvalue weighted by molar-refractivity contribution is -0.0504. The summed E-state index contributed by atoms with van der Waals surface area (Å²) in [6.07, 6.45) is -2.85. The summed E-state index contributed by atoms with van der Waals surface area (Å²) >= 11 is 0.